The minimum atomic E-state index is -0.834. The number of hydrogen-bond donors (Lipinski definition) is 1. The van der Waals surface area contributed by atoms with E-state index in [0.29, 0.717) is 17.0 Å². The van der Waals surface area contributed by atoms with Crippen LogP contribution in [0.3, 0.4) is 0 Å². The lowest BCUT2D eigenvalue weighted by Crippen LogP contribution is -2.61. The van der Waals surface area contributed by atoms with Crippen LogP contribution in [0.1, 0.15) is 67.2 Å². The number of para-hydroxylation sites is 1. The fraction of sp³-hybridized carbons (Fsp3) is 0.560. The maximum Gasteiger partial charge on any atom is 0.342 e. The summed E-state index contributed by atoms with van der Waals surface area (Å²) in [6, 6.07) is 9.68. The van der Waals surface area contributed by atoms with Crippen LogP contribution in [-0.2, 0) is 9.53 Å². The third kappa shape index (κ3) is 3.66. The van der Waals surface area contributed by atoms with Gasteiger partial charge >= 0.3 is 5.97 Å². The molecule has 1 atom stereocenters. The van der Waals surface area contributed by atoms with Gasteiger partial charge in [-0.1, -0.05) is 18.2 Å². The molecule has 0 saturated heterocycles. The summed E-state index contributed by atoms with van der Waals surface area (Å²) < 4.78 is 7.36. The average molecular weight is 422 g/mol. The molecule has 1 heterocycles. The Hall–Kier alpha value is -2.63. The lowest BCUT2D eigenvalue weighted by Gasteiger charge is -2.57. The van der Waals surface area contributed by atoms with Gasteiger partial charge in [-0.25, -0.2) is 9.48 Å². The van der Waals surface area contributed by atoms with Crippen LogP contribution in [0.15, 0.2) is 30.3 Å². The van der Waals surface area contributed by atoms with Gasteiger partial charge in [0.25, 0.3) is 5.91 Å². The number of aryl methyl sites for hydroxylation is 1. The summed E-state index contributed by atoms with van der Waals surface area (Å²) in [6.07, 6.45) is 6.37. The molecule has 4 saturated carbocycles. The molecule has 6 nitrogen and oxygen atoms in total. The highest BCUT2D eigenvalue weighted by molar-refractivity contribution is 5.94. The summed E-state index contributed by atoms with van der Waals surface area (Å²) in [6.45, 7) is 5.31. The summed E-state index contributed by atoms with van der Waals surface area (Å²) >= 11 is 0. The number of aromatic nitrogens is 2. The van der Waals surface area contributed by atoms with Crippen LogP contribution < -0.4 is 5.32 Å². The molecule has 4 aliphatic rings. The van der Waals surface area contributed by atoms with Crippen molar-refractivity contribution in [2.75, 3.05) is 0 Å². The van der Waals surface area contributed by atoms with E-state index in [2.05, 4.69) is 10.4 Å². The number of carbonyl (C=O) groups is 2. The molecule has 1 amide bonds. The monoisotopic (exact) mass is 421 g/mol. The van der Waals surface area contributed by atoms with E-state index in [1.807, 2.05) is 37.3 Å². The quantitative estimate of drug-likeness (QED) is 0.737. The first-order chi connectivity index (χ1) is 14.8. The van der Waals surface area contributed by atoms with Gasteiger partial charge in [0.05, 0.1) is 17.1 Å². The Bertz CT molecular complexity index is 975. The third-order valence-corrected chi connectivity index (χ3v) is 7.58. The Balaban J connectivity index is 1.28. The van der Waals surface area contributed by atoms with Crippen LogP contribution in [0.5, 0.6) is 0 Å². The molecule has 4 aliphatic carbocycles. The summed E-state index contributed by atoms with van der Waals surface area (Å²) in [4.78, 5) is 25.9. The smallest absolute Gasteiger partial charge is 0.342 e. The van der Waals surface area contributed by atoms with E-state index in [1.165, 1.54) is 19.3 Å². The normalized spacial score (nSPS) is 29.6. The highest BCUT2D eigenvalue weighted by Crippen LogP contribution is 2.55. The number of ether oxygens (including phenoxy) is 1. The van der Waals surface area contributed by atoms with Gasteiger partial charge < -0.3 is 10.1 Å². The van der Waals surface area contributed by atoms with Gasteiger partial charge in [-0.2, -0.15) is 5.10 Å². The van der Waals surface area contributed by atoms with Crippen LogP contribution in [0.4, 0.5) is 0 Å². The van der Waals surface area contributed by atoms with Gasteiger partial charge in [0, 0.05) is 5.54 Å². The molecule has 6 rings (SSSR count). The van der Waals surface area contributed by atoms with Gasteiger partial charge in [0.2, 0.25) is 0 Å². The second kappa shape index (κ2) is 7.50. The second-order valence-electron chi connectivity index (χ2n) is 10.0. The summed E-state index contributed by atoms with van der Waals surface area (Å²) in [5, 5.41) is 7.82. The van der Waals surface area contributed by atoms with E-state index in [1.54, 1.807) is 18.5 Å². The average Bonchev–Trinajstić information content (AvgIpc) is 3.01. The van der Waals surface area contributed by atoms with Gasteiger partial charge in [-0.3, -0.25) is 4.79 Å². The van der Waals surface area contributed by atoms with Gasteiger partial charge in [0.1, 0.15) is 5.56 Å². The molecular formula is C25H31N3O3. The predicted octanol–water partition coefficient (Wildman–Crippen LogP) is 4.12. The number of nitrogens with one attached hydrogen (secondary N) is 1. The van der Waals surface area contributed by atoms with Gasteiger partial charge in [-0.05, 0) is 89.2 Å². The number of benzene rings is 1. The lowest BCUT2D eigenvalue weighted by atomic mass is 9.53. The molecule has 0 unspecified atom stereocenters. The van der Waals surface area contributed by atoms with E-state index in [0.717, 1.165) is 42.7 Å². The molecule has 1 N–H and O–H groups in total. The van der Waals surface area contributed by atoms with Crippen LogP contribution in [0, 0.1) is 31.6 Å². The molecule has 2 aromatic rings. The zero-order valence-electron chi connectivity index (χ0n) is 18.6. The van der Waals surface area contributed by atoms with Gasteiger partial charge in [0.15, 0.2) is 6.10 Å². The number of rotatable bonds is 5. The van der Waals surface area contributed by atoms with Crippen molar-refractivity contribution >= 4 is 11.9 Å². The highest BCUT2D eigenvalue weighted by Gasteiger charge is 2.51. The number of esters is 1. The molecule has 0 aliphatic heterocycles. The molecule has 31 heavy (non-hydrogen) atoms. The van der Waals surface area contributed by atoms with E-state index < -0.39 is 12.1 Å². The maximum absolute atomic E-state index is 13.0. The summed E-state index contributed by atoms with van der Waals surface area (Å²) in [5.41, 5.74) is 2.53. The van der Waals surface area contributed by atoms with Crippen molar-refractivity contribution in [2.45, 2.75) is 70.9 Å². The van der Waals surface area contributed by atoms with E-state index in [-0.39, 0.29) is 11.4 Å². The number of amides is 1. The molecular weight excluding hydrogens is 390 g/mol. The number of hydrogen-bond acceptors (Lipinski definition) is 4. The Morgan fingerprint density at radius 2 is 1.65 bits per heavy atom. The summed E-state index contributed by atoms with van der Waals surface area (Å²) in [7, 11) is 0. The fourth-order valence-corrected chi connectivity index (χ4v) is 6.66. The van der Waals surface area contributed by atoms with Crippen molar-refractivity contribution in [3.8, 4) is 5.69 Å². The van der Waals surface area contributed by atoms with Crippen molar-refractivity contribution in [2.24, 2.45) is 17.8 Å². The van der Waals surface area contributed by atoms with Crippen LogP contribution >= 0.6 is 0 Å². The molecule has 6 heteroatoms. The first-order valence-corrected chi connectivity index (χ1v) is 11.5. The van der Waals surface area contributed by atoms with E-state index in [4.69, 9.17) is 4.74 Å². The maximum atomic E-state index is 13.0. The largest absolute Gasteiger partial charge is 0.449 e. The standard InChI is InChI=1S/C25H31N3O3/c1-15-22(16(2)28(27-15)21-7-5-4-6-8-21)24(30)31-17(3)23(29)26-25-12-18-9-19(13-25)11-20(10-18)14-25/h4-8,17-20H,9-14H2,1-3H3,(H,26,29)/t17-,18?,19?,20?,25?/m0/s1. The Morgan fingerprint density at radius 1 is 1.06 bits per heavy atom. The van der Waals surface area contributed by atoms with E-state index in [9.17, 15) is 9.59 Å². The molecule has 1 aromatic heterocycles. The first-order valence-electron chi connectivity index (χ1n) is 11.5. The van der Waals surface area contributed by atoms with Crippen molar-refractivity contribution in [1.82, 2.24) is 15.1 Å². The summed E-state index contributed by atoms with van der Waals surface area (Å²) in [5.74, 6) is 1.57. The zero-order chi connectivity index (χ0) is 21.8. The molecule has 0 spiro atoms. The minimum Gasteiger partial charge on any atom is -0.449 e. The zero-order valence-corrected chi connectivity index (χ0v) is 18.6. The Morgan fingerprint density at radius 3 is 2.23 bits per heavy atom. The third-order valence-electron chi connectivity index (χ3n) is 7.58. The first kappa shape index (κ1) is 20.3. The second-order valence-corrected chi connectivity index (χ2v) is 10.0. The SMILES string of the molecule is Cc1nn(-c2ccccc2)c(C)c1C(=O)O[C@@H](C)C(=O)NC12CC3CC(CC(C3)C1)C2. The molecule has 0 radical (unpaired) electrons. The van der Waals surface area contributed by atoms with Crippen LogP contribution in [0.25, 0.3) is 5.69 Å². The van der Waals surface area contributed by atoms with Gasteiger partial charge in [-0.15, -0.1) is 0 Å². The lowest BCUT2D eigenvalue weighted by molar-refractivity contribution is -0.134. The van der Waals surface area contributed by atoms with Crippen molar-refractivity contribution in [3.05, 3.63) is 47.3 Å². The Kier molecular flexibility index (Phi) is 4.91. The van der Waals surface area contributed by atoms with E-state index >= 15 is 0 Å². The minimum absolute atomic E-state index is 0.0868. The van der Waals surface area contributed by atoms with Crippen molar-refractivity contribution in [1.29, 1.82) is 0 Å². The predicted molar refractivity (Wildman–Crippen MR) is 117 cm³/mol. The number of nitrogens with zero attached hydrogens (tertiary/aromatic N) is 2. The van der Waals surface area contributed by atoms with Crippen molar-refractivity contribution < 1.29 is 14.3 Å². The fourth-order valence-electron chi connectivity index (χ4n) is 6.66. The Labute approximate surface area is 183 Å². The van der Waals surface area contributed by atoms with Crippen LogP contribution in [-0.4, -0.2) is 33.3 Å². The highest BCUT2D eigenvalue weighted by atomic mass is 16.5. The molecule has 4 fully saturated rings. The molecule has 1 aromatic carbocycles. The van der Waals surface area contributed by atoms with Crippen molar-refractivity contribution in [3.63, 3.8) is 0 Å². The molecule has 4 bridgehead atoms. The topological polar surface area (TPSA) is 73.2 Å². The molecule has 164 valence electrons. The number of carbonyl (C=O) groups excluding carboxylic acids is 2. The van der Waals surface area contributed by atoms with Crippen LogP contribution in [0.2, 0.25) is 0 Å².